The molecule has 3 aliphatic rings. The summed E-state index contributed by atoms with van der Waals surface area (Å²) in [6, 6.07) is 6.46. The van der Waals surface area contributed by atoms with Crippen LogP contribution in [0.2, 0.25) is 0 Å². The van der Waals surface area contributed by atoms with Crippen LogP contribution in [0.1, 0.15) is 53.9 Å². The van der Waals surface area contributed by atoms with E-state index >= 15 is 0 Å². The predicted octanol–water partition coefficient (Wildman–Crippen LogP) is 3.29. The average Bonchev–Trinajstić information content (AvgIpc) is 3.43. The first-order valence-corrected chi connectivity index (χ1v) is 14.0. The molecule has 36 heavy (non-hydrogen) atoms. The standard InChI is InChI=1S/C27H39N3O5S/c1-6-18(16-31)30-22(23(32)28-17-10-12-19(13-11-17)29(7-2)8-3)27-15-14-26(5,36-27)21(20(27)24(30)33)25(34)35-9-4/h10-13,18,20-22,31H,6-9,14-16H2,1-5H3,(H,28,32)/t18-,20-,21-,22?,26+,27?/m0/s1. The Balaban J connectivity index is 1.69. The van der Waals surface area contributed by atoms with E-state index in [9.17, 15) is 19.5 Å². The van der Waals surface area contributed by atoms with Crippen LogP contribution in [0.3, 0.4) is 0 Å². The van der Waals surface area contributed by atoms with Gasteiger partial charge in [-0.3, -0.25) is 14.4 Å². The molecular formula is C27H39N3O5S. The van der Waals surface area contributed by atoms with Gasteiger partial charge in [0, 0.05) is 29.2 Å². The molecule has 0 aliphatic carbocycles. The first kappa shape index (κ1) is 26.8. The van der Waals surface area contributed by atoms with Crippen LogP contribution in [0.4, 0.5) is 11.4 Å². The number of thioether (sulfide) groups is 1. The van der Waals surface area contributed by atoms with Crippen LogP contribution in [-0.2, 0) is 19.1 Å². The lowest BCUT2D eigenvalue weighted by molar-refractivity contribution is -0.155. The van der Waals surface area contributed by atoms with E-state index in [1.54, 1.807) is 23.6 Å². The maximum absolute atomic E-state index is 14.0. The highest BCUT2D eigenvalue weighted by molar-refractivity contribution is 8.02. The zero-order chi connectivity index (χ0) is 26.3. The Morgan fingerprint density at radius 2 is 1.86 bits per heavy atom. The topological polar surface area (TPSA) is 99.2 Å². The van der Waals surface area contributed by atoms with Gasteiger partial charge in [0.15, 0.2) is 0 Å². The summed E-state index contributed by atoms with van der Waals surface area (Å²) in [5.41, 5.74) is 1.74. The van der Waals surface area contributed by atoms with Gasteiger partial charge >= 0.3 is 5.97 Å². The summed E-state index contributed by atoms with van der Waals surface area (Å²) < 4.78 is 4.23. The van der Waals surface area contributed by atoms with E-state index < -0.39 is 33.4 Å². The number of rotatable bonds is 10. The van der Waals surface area contributed by atoms with Gasteiger partial charge in [-0.05, 0) is 71.2 Å². The van der Waals surface area contributed by atoms with Crippen molar-refractivity contribution in [1.82, 2.24) is 4.90 Å². The number of aliphatic hydroxyl groups excluding tert-OH is 1. The van der Waals surface area contributed by atoms with Crippen LogP contribution < -0.4 is 10.2 Å². The maximum Gasteiger partial charge on any atom is 0.311 e. The predicted molar refractivity (Wildman–Crippen MR) is 142 cm³/mol. The van der Waals surface area contributed by atoms with Gasteiger partial charge in [0.05, 0.1) is 35.8 Å². The molecule has 3 fully saturated rings. The minimum Gasteiger partial charge on any atom is -0.466 e. The second kappa shape index (κ2) is 10.2. The van der Waals surface area contributed by atoms with Crippen molar-refractivity contribution in [1.29, 1.82) is 0 Å². The molecule has 0 aromatic heterocycles. The second-order valence-electron chi connectivity index (χ2n) is 10.2. The van der Waals surface area contributed by atoms with Crippen molar-refractivity contribution in [2.45, 2.75) is 75.5 Å². The lowest BCUT2D eigenvalue weighted by Crippen LogP contribution is -2.54. The Morgan fingerprint density at radius 1 is 1.19 bits per heavy atom. The third-order valence-electron chi connectivity index (χ3n) is 8.34. The van der Waals surface area contributed by atoms with Gasteiger partial charge < -0.3 is 25.0 Å². The van der Waals surface area contributed by atoms with E-state index in [2.05, 4.69) is 24.1 Å². The Kier molecular flexibility index (Phi) is 7.62. The molecule has 2 bridgehead atoms. The third-order valence-corrected chi connectivity index (χ3v) is 10.3. The van der Waals surface area contributed by atoms with Gasteiger partial charge in [-0.25, -0.2) is 0 Å². The van der Waals surface area contributed by atoms with Crippen LogP contribution >= 0.6 is 11.8 Å². The number of esters is 1. The molecule has 3 aliphatic heterocycles. The Hall–Kier alpha value is -2.26. The lowest BCUT2D eigenvalue weighted by Gasteiger charge is -2.36. The summed E-state index contributed by atoms with van der Waals surface area (Å²) in [5, 5.41) is 13.2. The molecule has 8 nitrogen and oxygen atoms in total. The van der Waals surface area contributed by atoms with E-state index in [1.807, 2.05) is 38.1 Å². The summed E-state index contributed by atoms with van der Waals surface area (Å²) in [6.07, 6.45) is 1.91. The molecule has 1 aromatic rings. The van der Waals surface area contributed by atoms with Gasteiger partial charge in [-0.15, -0.1) is 11.8 Å². The molecule has 2 unspecified atom stereocenters. The van der Waals surface area contributed by atoms with Crippen molar-refractivity contribution >= 4 is 40.9 Å². The fraction of sp³-hybridized carbons (Fsp3) is 0.667. The van der Waals surface area contributed by atoms with Crippen LogP contribution in [0.25, 0.3) is 0 Å². The molecule has 0 saturated carbocycles. The van der Waals surface area contributed by atoms with E-state index in [4.69, 9.17) is 4.74 Å². The number of aliphatic hydroxyl groups is 1. The number of amides is 2. The summed E-state index contributed by atoms with van der Waals surface area (Å²) in [7, 11) is 0. The van der Waals surface area contributed by atoms with Crippen molar-refractivity contribution < 1.29 is 24.2 Å². The van der Waals surface area contributed by atoms with Gasteiger partial charge in [0.25, 0.3) is 0 Å². The van der Waals surface area contributed by atoms with E-state index in [0.717, 1.165) is 25.2 Å². The molecule has 1 spiro atoms. The van der Waals surface area contributed by atoms with Crippen molar-refractivity contribution in [2.24, 2.45) is 11.8 Å². The Labute approximate surface area is 218 Å². The SMILES string of the molecule is CCOC(=O)[C@@H]1[C@H]2C(=O)N([C@@H](CC)CO)C(C(=O)Nc3ccc(N(CC)CC)cc3)C23CC[C@@]1(C)S3. The number of carbonyl (C=O) groups is 3. The largest absolute Gasteiger partial charge is 0.466 e. The summed E-state index contributed by atoms with van der Waals surface area (Å²) in [4.78, 5) is 44.8. The van der Waals surface area contributed by atoms with Crippen molar-refractivity contribution in [3.8, 4) is 0 Å². The molecule has 3 heterocycles. The fourth-order valence-corrected chi connectivity index (χ4v) is 8.95. The average molecular weight is 518 g/mol. The summed E-state index contributed by atoms with van der Waals surface area (Å²) in [6.45, 7) is 11.7. The number of fused-ring (bicyclic) bond motifs is 1. The molecule has 3 saturated heterocycles. The molecule has 2 amide bonds. The first-order chi connectivity index (χ1) is 17.2. The smallest absolute Gasteiger partial charge is 0.311 e. The quantitative estimate of drug-likeness (QED) is 0.460. The molecule has 6 atom stereocenters. The molecule has 198 valence electrons. The van der Waals surface area contributed by atoms with Gasteiger partial charge in [0.1, 0.15) is 6.04 Å². The molecule has 2 N–H and O–H groups in total. The number of hydrogen-bond donors (Lipinski definition) is 2. The normalized spacial score (nSPS) is 31.3. The van der Waals surface area contributed by atoms with Crippen molar-refractivity contribution in [2.75, 3.05) is 36.5 Å². The van der Waals surface area contributed by atoms with Crippen molar-refractivity contribution in [3.05, 3.63) is 24.3 Å². The first-order valence-electron chi connectivity index (χ1n) is 13.2. The number of nitrogens with zero attached hydrogens (tertiary/aromatic N) is 2. The second-order valence-corrected chi connectivity index (χ2v) is 12.1. The van der Waals surface area contributed by atoms with Crippen LogP contribution in [0.15, 0.2) is 24.3 Å². The van der Waals surface area contributed by atoms with Crippen LogP contribution in [0.5, 0.6) is 0 Å². The highest BCUT2D eigenvalue weighted by atomic mass is 32.2. The number of carbonyl (C=O) groups excluding carboxylic acids is 3. The number of ether oxygens (including phenoxy) is 1. The highest BCUT2D eigenvalue weighted by Gasteiger charge is 2.77. The monoisotopic (exact) mass is 517 g/mol. The number of anilines is 2. The van der Waals surface area contributed by atoms with Gasteiger partial charge in [-0.2, -0.15) is 0 Å². The molecule has 9 heteroatoms. The van der Waals surface area contributed by atoms with E-state index in [0.29, 0.717) is 18.5 Å². The van der Waals surface area contributed by atoms with Gasteiger partial charge in [-0.1, -0.05) is 6.92 Å². The van der Waals surface area contributed by atoms with Crippen LogP contribution in [0, 0.1) is 11.8 Å². The zero-order valence-corrected chi connectivity index (χ0v) is 22.8. The Bertz CT molecular complexity index is 996. The molecule has 1 aromatic carbocycles. The Morgan fingerprint density at radius 3 is 2.42 bits per heavy atom. The molecule has 4 rings (SSSR count). The highest BCUT2D eigenvalue weighted by Crippen LogP contribution is 2.71. The van der Waals surface area contributed by atoms with Crippen LogP contribution in [-0.4, -0.2) is 75.7 Å². The maximum atomic E-state index is 14.0. The number of benzene rings is 1. The lowest BCUT2D eigenvalue weighted by atomic mass is 9.66. The zero-order valence-electron chi connectivity index (χ0n) is 22.0. The van der Waals surface area contributed by atoms with E-state index in [1.165, 1.54) is 0 Å². The van der Waals surface area contributed by atoms with E-state index in [-0.39, 0.29) is 31.0 Å². The minimum atomic E-state index is -0.777. The summed E-state index contributed by atoms with van der Waals surface area (Å²) in [5.74, 6) is -2.09. The minimum absolute atomic E-state index is 0.220. The third kappa shape index (κ3) is 4.08. The number of hydrogen-bond acceptors (Lipinski definition) is 7. The van der Waals surface area contributed by atoms with Crippen molar-refractivity contribution in [3.63, 3.8) is 0 Å². The van der Waals surface area contributed by atoms with Gasteiger partial charge in [0.2, 0.25) is 11.8 Å². The molecule has 0 radical (unpaired) electrons. The molecular weight excluding hydrogens is 478 g/mol. The number of nitrogens with one attached hydrogen (secondary N) is 1. The number of likely N-dealkylation sites (tertiary alicyclic amines) is 1. The fourth-order valence-electron chi connectivity index (χ4n) is 6.61. The summed E-state index contributed by atoms with van der Waals surface area (Å²) >= 11 is 1.61.